The van der Waals surface area contributed by atoms with E-state index in [4.69, 9.17) is 4.74 Å². The molecule has 3 aromatic rings. The van der Waals surface area contributed by atoms with Crippen LogP contribution in [0.1, 0.15) is 24.4 Å². The van der Waals surface area contributed by atoms with Crippen molar-refractivity contribution in [3.63, 3.8) is 0 Å². The lowest BCUT2D eigenvalue weighted by Gasteiger charge is -2.20. The molecule has 1 N–H and O–H groups in total. The Labute approximate surface area is 134 Å². The Morgan fingerprint density at radius 3 is 2.70 bits per heavy atom. The largest absolute Gasteiger partial charge is 0.497 e. The smallest absolute Gasteiger partial charge is 0.163 e. The third-order valence-corrected chi connectivity index (χ3v) is 4.39. The van der Waals surface area contributed by atoms with E-state index in [1.807, 2.05) is 25.4 Å². The molecule has 2 heterocycles. The Hall–Kier alpha value is -2.63. The van der Waals surface area contributed by atoms with Gasteiger partial charge < -0.3 is 10.1 Å². The van der Waals surface area contributed by atoms with Crippen molar-refractivity contribution in [3.8, 4) is 5.75 Å². The lowest BCUT2D eigenvalue weighted by atomic mass is 10.0. The van der Waals surface area contributed by atoms with Gasteiger partial charge in [0.15, 0.2) is 5.65 Å². The number of fused-ring (bicyclic) bond motifs is 1. The molecule has 1 saturated carbocycles. The number of ether oxygens (including phenoxy) is 1. The van der Waals surface area contributed by atoms with Crippen molar-refractivity contribution in [1.29, 1.82) is 0 Å². The van der Waals surface area contributed by atoms with Gasteiger partial charge in [0, 0.05) is 7.05 Å². The molecular weight excluding hydrogens is 290 g/mol. The van der Waals surface area contributed by atoms with Crippen LogP contribution < -0.4 is 10.1 Å². The summed E-state index contributed by atoms with van der Waals surface area (Å²) in [6.45, 7) is 0. The predicted molar refractivity (Wildman–Crippen MR) is 88.4 cm³/mol. The highest BCUT2D eigenvalue weighted by Crippen LogP contribution is 2.43. The molecule has 0 radical (unpaired) electrons. The summed E-state index contributed by atoms with van der Waals surface area (Å²) >= 11 is 0. The zero-order valence-electron chi connectivity index (χ0n) is 13.2. The van der Waals surface area contributed by atoms with E-state index in [-0.39, 0.29) is 6.04 Å². The van der Waals surface area contributed by atoms with Gasteiger partial charge >= 0.3 is 0 Å². The van der Waals surface area contributed by atoms with Crippen LogP contribution in [0.3, 0.4) is 0 Å². The first kappa shape index (κ1) is 14.0. The highest BCUT2D eigenvalue weighted by atomic mass is 16.5. The minimum atomic E-state index is 0.249. The van der Waals surface area contributed by atoms with Crippen LogP contribution >= 0.6 is 0 Å². The Morgan fingerprint density at radius 1 is 1.22 bits per heavy atom. The number of nitrogens with one attached hydrogen (secondary N) is 1. The standard InChI is InChI=1S/C17H19N5O/c1-22-17-14(9-20-22)16(18-10-19-17)21-15(11-3-4-11)12-5-7-13(23-2)8-6-12/h5-11,15H,3-4H2,1-2H3,(H,18,19,21)/t15-/m1/s1. The first-order valence-corrected chi connectivity index (χ1v) is 7.79. The number of methoxy groups -OCH3 is 1. The van der Waals surface area contributed by atoms with E-state index >= 15 is 0 Å². The summed E-state index contributed by atoms with van der Waals surface area (Å²) in [7, 11) is 3.58. The normalized spacial score (nSPS) is 15.6. The fourth-order valence-corrected chi connectivity index (χ4v) is 2.94. The second-order valence-corrected chi connectivity index (χ2v) is 5.96. The van der Waals surface area contributed by atoms with Crippen LogP contribution in [-0.2, 0) is 7.05 Å². The number of aromatic nitrogens is 4. The van der Waals surface area contributed by atoms with E-state index < -0.39 is 0 Å². The van der Waals surface area contributed by atoms with Crippen LogP contribution in [0.5, 0.6) is 5.75 Å². The van der Waals surface area contributed by atoms with Crippen molar-refractivity contribution in [2.75, 3.05) is 12.4 Å². The van der Waals surface area contributed by atoms with Crippen LogP contribution in [0.15, 0.2) is 36.8 Å². The number of rotatable bonds is 5. The van der Waals surface area contributed by atoms with E-state index in [9.17, 15) is 0 Å². The Morgan fingerprint density at radius 2 is 2.00 bits per heavy atom. The number of hydrogen-bond acceptors (Lipinski definition) is 5. The van der Waals surface area contributed by atoms with E-state index in [1.54, 1.807) is 18.1 Å². The van der Waals surface area contributed by atoms with Crippen molar-refractivity contribution in [1.82, 2.24) is 19.7 Å². The second-order valence-electron chi connectivity index (χ2n) is 5.96. The molecule has 0 unspecified atom stereocenters. The molecule has 1 aromatic carbocycles. The fourth-order valence-electron chi connectivity index (χ4n) is 2.94. The van der Waals surface area contributed by atoms with Gasteiger partial charge in [0.2, 0.25) is 0 Å². The molecule has 0 aliphatic heterocycles. The molecule has 1 aliphatic rings. The summed E-state index contributed by atoms with van der Waals surface area (Å²) in [5.41, 5.74) is 2.09. The van der Waals surface area contributed by atoms with Gasteiger partial charge in [-0.3, -0.25) is 4.68 Å². The molecule has 6 heteroatoms. The van der Waals surface area contributed by atoms with Crippen LogP contribution in [-0.4, -0.2) is 26.9 Å². The average molecular weight is 309 g/mol. The summed E-state index contributed by atoms with van der Waals surface area (Å²) in [5.74, 6) is 2.36. The summed E-state index contributed by atoms with van der Waals surface area (Å²) in [6, 6.07) is 8.50. The summed E-state index contributed by atoms with van der Waals surface area (Å²) in [4.78, 5) is 8.73. The topological polar surface area (TPSA) is 64.9 Å². The average Bonchev–Trinajstić information content (AvgIpc) is 3.36. The lowest BCUT2D eigenvalue weighted by Crippen LogP contribution is -2.14. The lowest BCUT2D eigenvalue weighted by molar-refractivity contribution is 0.414. The van der Waals surface area contributed by atoms with Gasteiger partial charge in [-0.05, 0) is 36.5 Å². The third kappa shape index (κ3) is 2.60. The highest BCUT2D eigenvalue weighted by molar-refractivity contribution is 5.86. The first-order chi connectivity index (χ1) is 11.3. The number of aryl methyl sites for hydroxylation is 1. The number of nitrogens with zero attached hydrogens (tertiary/aromatic N) is 4. The maximum Gasteiger partial charge on any atom is 0.163 e. The SMILES string of the molecule is COc1ccc([C@H](Nc2ncnc3c2cnn3C)C2CC2)cc1. The monoisotopic (exact) mass is 309 g/mol. The maximum atomic E-state index is 5.25. The van der Waals surface area contributed by atoms with Gasteiger partial charge in [0.1, 0.15) is 17.9 Å². The van der Waals surface area contributed by atoms with E-state index in [2.05, 4.69) is 32.5 Å². The van der Waals surface area contributed by atoms with E-state index in [1.165, 1.54) is 18.4 Å². The van der Waals surface area contributed by atoms with Crippen molar-refractivity contribution < 1.29 is 4.74 Å². The Kier molecular flexibility index (Phi) is 3.37. The van der Waals surface area contributed by atoms with E-state index in [0.717, 1.165) is 22.6 Å². The van der Waals surface area contributed by atoms with Gasteiger partial charge in [-0.15, -0.1) is 0 Å². The number of anilines is 1. The summed E-state index contributed by atoms with van der Waals surface area (Å²) in [6.07, 6.45) is 5.88. The molecule has 1 aliphatic carbocycles. The van der Waals surface area contributed by atoms with Gasteiger partial charge in [-0.25, -0.2) is 9.97 Å². The molecule has 6 nitrogen and oxygen atoms in total. The number of hydrogen-bond donors (Lipinski definition) is 1. The van der Waals surface area contributed by atoms with Crippen molar-refractivity contribution in [3.05, 3.63) is 42.4 Å². The van der Waals surface area contributed by atoms with Crippen LogP contribution in [0, 0.1) is 5.92 Å². The molecule has 1 fully saturated rings. The van der Waals surface area contributed by atoms with Gasteiger partial charge in [0.25, 0.3) is 0 Å². The summed E-state index contributed by atoms with van der Waals surface area (Å²) in [5, 5.41) is 8.84. The molecular formula is C17H19N5O. The summed E-state index contributed by atoms with van der Waals surface area (Å²) < 4.78 is 7.02. The zero-order valence-corrected chi connectivity index (χ0v) is 13.2. The molecule has 1 atom stereocenters. The zero-order chi connectivity index (χ0) is 15.8. The van der Waals surface area contributed by atoms with Gasteiger partial charge in [-0.1, -0.05) is 12.1 Å². The Balaban J connectivity index is 1.67. The Bertz CT molecular complexity index is 823. The van der Waals surface area contributed by atoms with Gasteiger partial charge in [-0.2, -0.15) is 5.10 Å². The van der Waals surface area contributed by atoms with Crippen LogP contribution in [0.25, 0.3) is 11.0 Å². The molecule has 0 saturated heterocycles. The van der Waals surface area contributed by atoms with Gasteiger partial charge in [0.05, 0.1) is 24.7 Å². The van der Waals surface area contributed by atoms with Crippen molar-refractivity contribution >= 4 is 16.9 Å². The minimum absolute atomic E-state index is 0.249. The highest BCUT2D eigenvalue weighted by Gasteiger charge is 2.33. The molecule has 118 valence electrons. The molecule has 0 spiro atoms. The molecule has 0 amide bonds. The molecule has 23 heavy (non-hydrogen) atoms. The first-order valence-electron chi connectivity index (χ1n) is 7.79. The van der Waals surface area contributed by atoms with Crippen LogP contribution in [0.2, 0.25) is 0 Å². The van der Waals surface area contributed by atoms with E-state index in [0.29, 0.717) is 5.92 Å². The van der Waals surface area contributed by atoms with Crippen molar-refractivity contribution in [2.45, 2.75) is 18.9 Å². The third-order valence-electron chi connectivity index (χ3n) is 4.39. The molecule has 4 rings (SSSR count). The number of benzene rings is 1. The minimum Gasteiger partial charge on any atom is -0.497 e. The molecule has 0 bridgehead atoms. The van der Waals surface area contributed by atoms with Crippen LogP contribution in [0.4, 0.5) is 5.82 Å². The molecule has 2 aromatic heterocycles. The maximum absolute atomic E-state index is 5.25. The van der Waals surface area contributed by atoms with Crippen molar-refractivity contribution in [2.24, 2.45) is 13.0 Å². The fraction of sp³-hybridized carbons (Fsp3) is 0.353. The predicted octanol–water partition coefficient (Wildman–Crippen LogP) is 2.94. The second kappa shape index (κ2) is 5.53. The quantitative estimate of drug-likeness (QED) is 0.785.